The number of benzene rings is 1. The lowest BCUT2D eigenvalue weighted by Gasteiger charge is -2.14. The van der Waals surface area contributed by atoms with Gasteiger partial charge in [-0.05, 0) is 12.1 Å². The predicted octanol–water partition coefficient (Wildman–Crippen LogP) is 2.43. The Balaban J connectivity index is 2.31. The number of hydrogen-bond donors (Lipinski definition) is 0. The standard InChI is InChI=1S/C18H16N2O4/c1-23-17(21)14(18(22)24-2)16-15(12-8-4-3-5-9-12)19-13-10-6-7-11-20(13)16/h3-11,14H,1-2H3. The molecule has 24 heavy (non-hydrogen) atoms. The number of carbonyl (C=O) groups is 2. The van der Waals surface area contributed by atoms with E-state index in [0.29, 0.717) is 17.0 Å². The maximum Gasteiger partial charge on any atom is 0.326 e. The van der Waals surface area contributed by atoms with Gasteiger partial charge in [-0.15, -0.1) is 0 Å². The summed E-state index contributed by atoms with van der Waals surface area (Å²) >= 11 is 0. The van der Waals surface area contributed by atoms with E-state index in [-0.39, 0.29) is 0 Å². The summed E-state index contributed by atoms with van der Waals surface area (Å²) in [6, 6.07) is 14.8. The van der Waals surface area contributed by atoms with Crippen LogP contribution in [0.5, 0.6) is 0 Å². The zero-order valence-electron chi connectivity index (χ0n) is 13.3. The molecule has 0 unspecified atom stereocenters. The molecule has 2 aromatic heterocycles. The zero-order chi connectivity index (χ0) is 17.1. The topological polar surface area (TPSA) is 69.9 Å². The molecule has 0 saturated carbocycles. The molecule has 0 aliphatic rings. The van der Waals surface area contributed by atoms with Crippen LogP contribution in [0.4, 0.5) is 0 Å². The summed E-state index contributed by atoms with van der Waals surface area (Å²) in [6.45, 7) is 0. The summed E-state index contributed by atoms with van der Waals surface area (Å²) < 4.78 is 11.3. The van der Waals surface area contributed by atoms with Gasteiger partial charge in [-0.1, -0.05) is 36.4 Å². The van der Waals surface area contributed by atoms with Crippen LogP contribution in [0.2, 0.25) is 0 Å². The number of imidazole rings is 1. The number of pyridine rings is 1. The number of methoxy groups -OCH3 is 2. The molecule has 0 N–H and O–H groups in total. The van der Waals surface area contributed by atoms with Crippen molar-refractivity contribution in [3.05, 3.63) is 60.4 Å². The second-order valence-electron chi connectivity index (χ2n) is 5.12. The molecule has 6 heteroatoms. The van der Waals surface area contributed by atoms with E-state index in [1.54, 1.807) is 16.7 Å². The monoisotopic (exact) mass is 324 g/mol. The quantitative estimate of drug-likeness (QED) is 0.544. The van der Waals surface area contributed by atoms with Gasteiger partial charge in [-0.3, -0.25) is 9.59 Å². The fourth-order valence-corrected chi connectivity index (χ4v) is 2.65. The minimum absolute atomic E-state index is 0.426. The van der Waals surface area contributed by atoms with E-state index in [2.05, 4.69) is 4.98 Å². The molecule has 0 radical (unpaired) electrons. The summed E-state index contributed by atoms with van der Waals surface area (Å²) in [5, 5.41) is 0. The average Bonchev–Trinajstić information content (AvgIpc) is 3.01. The number of carbonyl (C=O) groups excluding carboxylic acids is 2. The summed E-state index contributed by atoms with van der Waals surface area (Å²) in [6.07, 6.45) is 1.75. The normalized spacial score (nSPS) is 10.8. The highest BCUT2D eigenvalue weighted by Crippen LogP contribution is 2.31. The largest absolute Gasteiger partial charge is 0.468 e. The van der Waals surface area contributed by atoms with Crippen LogP contribution in [-0.4, -0.2) is 35.5 Å². The highest BCUT2D eigenvalue weighted by atomic mass is 16.5. The van der Waals surface area contributed by atoms with Crippen molar-refractivity contribution in [3.8, 4) is 11.3 Å². The van der Waals surface area contributed by atoms with Crippen molar-refractivity contribution in [1.82, 2.24) is 9.38 Å². The van der Waals surface area contributed by atoms with Crippen LogP contribution >= 0.6 is 0 Å². The first-order valence-electron chi connectivity index (χ1n) is 7.35. The minimum Gasteiger partial charge on any atom is -0.468 e. The lowest BCUT2D eigenvalue weighted by molar-refractivity contribution is -0.154. The SMILES string of the molecule is COC(=O)C(C(=O)OC)c1c(-c2ccccc2)nc2ccccn12. The van der Waals surface area contributed by atoms with Gasteiger partial charge < -0.3 is 13.9 Å². The van der Waals surface area contributed by atoms with Gasteiger partial charge in [0.2, 0.25) is 0 Å². The number of fused-ring (bicyclic) bond motifs is 1. The molecule has 0 fully saturated rings. The second kappa shape index (κ2) is 6.54. The molecule has 1 aromatic carbocycles. The van der Waals surface area contributed by atoms with Crippen molar-refractivity contribution < 1.29 is 19.1 Å². The van der Waals surface area contributed by atoms with Crippen molar-refractivity contribution in [2.45, 2.75) is 5.92 Å². The Labute approximate surface area is 138 Å². The van der Waals surface area contributed by atoms with Crippen molar-refractivity contribution in [1.29, 1.82) is 0 Å². The third kappa shape index (κ3) is 2.62. The van der Waals surface area contributed by atoms with Crippen LogP contribution in [0.15, 0.2) is 54.7 Å². The molecular formula is C18H16N2O4. The molecule has 0 spiro atoms. The first-order valence-corrected chi connectivity index (χ1v) is 7.35. The molecular weight excluding hydrogens is 308 g/mol. The summed E-state index contributed by atoms with van der Waals surface area (Å²) in [5.74, 6) is -2.60. The zero-order valence-corrected chi connectivity index (χ0v) is 13.3. The molecule has 0 bridgehead atoms. The van der Waals surface area contributed by atoms with E-state index in [1.807, 2.05) is 42.5 Å². The minimum atomic E-state index is -1.22. The van der Waals surface area contributed by atoms with Crippen molar-refractivity contribution in [2.75, 3.05) is 14.2 Å². The molecule has 3 rings (SSSR count). The highest BCUT2D eigenvalue weighted by molar-refractivity contribution is 6.02. The van der Waals surface area contributed by atoms with E-state index in [9.17, 15) is 9.59 Å². The van der Waals surface area contributed by atoms with E-state index in [0.717, 1.165) is 5.56 Å². The van der Waals surface area contributed by atoms with Crippen molar-refractivity contribution in [2.24, 2.45) is 0 Å². The first-order chi connectivity index (χ1) is 11.7. The maximum absolute atomic E-state index is 12.3. The van der Waals surface area contributed by atoms with Crippen LogP contribution in [0.3, 0.4) is 0 Å². The number of ether oxygens (including phenoxy) is 2. The maximum atomic E-state index is 12.3. The van der Waals surface area contributed by atoms with Crippen LogP contribution in [0.25, 0.3) is 16.9 Å². The van der Waals surface area contributed by atoms with Gasteiger partial charge >= 0.3 is 11.9 Å². The second-order valence-corrected chi connectivity index (χ2v) is 5.12. The van der Waals surface area contributed by atoms with E-state index in [1.165, 1.54) is 14.2 Å². The third-order valence-corrected chi connectivity index (χ3v) is 3.76. The van der Waals surface area contributed by atoms with Gasteiger partial charge in [0.15, 0.2) is 5.92 Å². The molecule has 122 valence electrons. The molecule has 0 aliphatic carbocycles. The summed E-state index contributed by atoms with van der Waals surface area (Å²) in [5.41, 5.74) is 2.40. The molecule has 2 heterocycles. The highest BCUT2D eigenvalue weighted by Gasteiger charge is 2.36. The van der Waals surface area contributed by atoms with Crippen LogP contribution in [-0.2, 0) is 19.1 Å². The average molecular weight is 324 g/mol. The van der Waals surface area contributed by atoms with Gasteiger partial charge in [0.1, 0.15) is 5.65 Å². The van der Waals surface area contributed by atoms with Crippen molar-refractivity contribution in [3.63, 3.8) is 0 Å². The van der Waals surface area contributed by atoms with Gasteiger partial charge in [-0.25, -0.2) is 4.98 Å². The molecule has 3 aromatic rings. The summed E-state index contributed by atoms with van der Waals surface area (Å²) in [7, 11) is 2.48. The Morgan fingerprint density at radius 2 is 1.58 bits per heavy atom. The van der Waals surface area contributed by atoms with Gasteiger partial charge in [0, 0.05) is 11.8 Å². The van der Waals surface area contributed by atoms with Gasteiger partial charge in [0.25, 0.3) is 0 Å². The number of rotatable bonds is 4. The van der Waals surface area contributed by atoms with Crippen LogP contribution in [0, 0.1) is 0 Å². The molecule has 0 amide bonds. The predicted molar refractivity (Wildman–Crippen MR) is 87.4 cm³/mol. The number of esters is 2. The van der Waals surface area contributed by atoms with Gasteiger partial charge in [-0.2, -0.15) is 0 Å². The first kappa shape index (κ1) is 15.7. The van der Waals surface area contributed by atoms with E-state index < -0.39 is 17.9 Å². The number of aromatic nitrogens is 2. The molecule has 0 aliphatic heterocycles. The summed E-state index contributed by atoms with van der Waals surface area (Å²) in [4.78, 5) is 29.1. The third-order valence-electron chi connectivity index (χ3n) is 3.76. The Hall–Kier alpha value is -3.15. The Bertz CT molecular complexity index is 870. The number of hydrogen-bond acceptors (Lipinski definition) is 5. The Morgan fingerprint density at radius 3 is 2.21 bits per heavy atom. The Kier molecular flexibility index (Phi) is 4.29. The van der Waals surface area contributed by atoms with Crippen LogP contribution < -0.4 is 0 Å². The lowest BCUT2D eigenvalue weighted by Crippen LogP contribution is -2.26. The Morgan fingerprint density at radius 1 is 0.958 bits per heavy atom. The molecule has 0 saturated heterocycles. The van der Waals surface area contributed by atoms with Crippen LogP contribution in [0.1, 0.15) is 11.6 Å². The fourth-order valence-electron chi connectivity index (χ4n) is 2.65. The smallest absolute Gasteiger partial charge is 0.326 e. The number of nitrogens with zero attached hydrogens (tertiary/aromatic N) is 2. The fraction of sp³-hybridized carbons (Fsp3) is 0.167. The van der Waals surface area contributed by atoms with Gasteiger partial charge in [0.05, 0.1) is 25.6 Å². The lowest BCUT2D eigenvalue weighted by atomic mass is 10.00. The van der Waals surface area contributed by atoms with E-state index >= 15 is 0 Å². The van der Waals surface area contributed by atoms with E-state index in [4.69, 9.17) is 9.47 Å². The molecule has 0 atom stereocenters. The van der Waals surface area contributed by atoms with Crippen molar-refractivity contribution >= 4 is 17.6 Å². The molecule has 6 nitrogen and oxygen atoms in total.